The van der Waals surface area contributed by atoms with Crippen LogP contribution >= 0.6 is 0 Å². The van der Waals surface area contributed by atoms with Crippen molar-refractivity contribution in [2.45, 2.75) is 31.7 Å². The number of nitrogens with zero attached hydrogens (tertiary/aromatic N) is 3. The average Bonchev–Trinajstić information content (AvgIpc) is 3.01. The third kappa shape index (κ3) is 4.02. The molecular weight excluding hydrogens is 272 g/mol. The minimum absolute atomic E-state index is 0.0440. The van der Waals surface area contributed by atoms with Gasteiger partial charge >= 0.3 is 5.69 Å². The van der Waals surface area contributed by atoms with Gasteiger partial charge in [-0.2, -0.15) is 0 Å². The maximum absolute atomic E-state index is 11.0. The lowest BCUT2D eigenvalue weighted by atomic mass is 10.2. The van der Waals surface area contributed by atoms with Gasteiger partial charge in [0.15, 0.2) is 0 Å². The zero-order valence-electron chi connectivity index (χ0n) is 12.2. The molecule has 0 atom stereocenters. The predicted molar refractivity (Wildman–Crippen MR) is 82.1 cm³/mol. The number of hydrogen-bond acceptors (Lipinski definition) is 7. The van der Waals surface area contributed by atoms with Crippen molar-refractivity contribution in [3.63, 3.8) is 0 Å². The van der Waals surface area contributed by atoms with Crippen LogP contribution in [0, 0.1) is 10.1 Å². The fraction of sp³-hybridized carbons (Fsp3) is 0.615. The lowest BCUT2D eigenvalue weighted by molar-refractivity contribution is -0.384. The molecule has 1 aromatic rings. The standard InChI is InChI=1S/C13H22N6O2/c1-18(10-4-2-3-5-10)9-8-15-13-11(19(20)21)6-7-12(16-13)17-14/h6-7,10H,2-5,8-9,14H2,1H3,(H2,15,16,17). The van der Waals surface area contributed by atoms with Crippen LogP contribution < -0.4 is 16.6 Å². The molecule has 1 fully saturated rings. The summed E-state index contributed by atoms with van der Waals surface area (Å²) in [5.74, 6) is 5.93. The van der Waals surface area contributed by atoms with Gasteiger partial charge in [0, 0.05) is 25.2 Å². The summed E-state index contributed by atoms with van der Waals surface area (Å²) in [6.07, 6.45) is 5.06. The average molecular weight is 294 g/mol. The fourth-order valence-electron chi connectivity index (χ4n) is 2.69. The van der Waals surface area contributed by atoms with E-state index in [-0.39, 0.29) is 11.5 Å². The number of aromatic nitrogens is 1. The SMILES string of the molecule is CN(CCNc1nc(NN)ccc1[N+](=O)[O-])C1CCCC1. The van der Waals surface area contributed by atoms with Crippen molar-refractivity contribution >= 4 is 17.3 Å². The zero-order chi connectivity index (χ0) is 15.2. The van der Waals surface area contributed by atoms with Crippen molar-refractivity contribution in [3.05, 3.63) is 22.2 Å². The summed E-state index contributed by atoms with van der Waals surface area (Å²) in [6.45, 7) is 1.43. The molecule has 4 N–H and O–H groups in total. The summed E-state index contributed by atoms with van der Waals surface area (Å²) in [7, 11) is 2.09. The van der Waals surface area contributed by atoms with E-state index in [1.54, 1.807) is 0 Å². The molecule has 0 aromatic carbocycles. The molecule has 0 aliphatic heterocycles. The Kier molecular flexibility index (Phi) is 5.29. The van der Waals surface area contributed by atoms with Gasteiger partial charge in [-0.1, -0.05) is 12.8 Å². The highest BCUT2D eigenvalue weighted by Gasteiger charge is 2.20. The number of nitrogens with two attached hydrogens (primary N) is 1. The van der Waals surface area contributed by atoms with Crippen molar-refractivity contribution < 1.29 is 4.92 Å². The van der Waals surface area contributed by atoms with E-state index in [9.17, 15) is 10.1 Å². The number of rotatable bonds is 7. The van der Waals surface area contributed by atoms with Gasteiger partial charge in [0.1, 0.15) is 5.82 Å². The fourth-order valence-corrected chi connectivity index (χ4v) is 2.69. The number of pyridine rings is 1. The summed E-state index contributed by atoms with van der Waals surface area (Å²) < 4.78 is 0. The van der Waals surface area contributed by atoms with Crippen LogP contribution in [0.25, 0.3) is 0 Å². The molecule has 0 amide bonds. The first-order valence-corrected chi connectivity index (χ1v) is 7.18. The van der Waals surface area contributed by atoms with Gasteiger partial charge in [-0.05, 0) is 26.0 Å². The Morgan fingerprint density at radius 1 is 1.48 bits per heavy atom. The van der Waals surface area contributed by atoms with Crippen molar-refractivity contribution in [2.24, 2.45) is 5.84 Å². The number of nitrogen functional groups attached to an aromatic ring is 1. The lowest BCUT2D eigenvalue weighted by Crippen LogP contribution is -2.33. The molecular formula is C13H22N6O2. The molecule has 1 aliphatic carbocycles. The Hall–Kier alpha value is -1.93. The van der Waals surface area contributed by atoms with Gasteiger partial charge in [0.05, 0.1) is 4.92 Å². The van der Waals surface area contributed by atoms with Gasteiger partial charge in [-0.25, -0.2) is 10.8 Å². The van der Waals surface area contributed by atoms with Crippen LogP contribution in [0.4, 0.5) is 17.3 Å². The lowest BCUT2D eigenvalue weighted by Gasteiger charge is -2.24. The molecule has 8 heteroatoms. The first-order chi connectivity index (χ1) is 10.1. The van der Waals surface area contributed by atoms with Crippen LogP contribution in [0.2, 0.25) is 0 Å². The summed E-state index contributed by atoms with van der Waals surface area (Å²) in [4.78, 5) is 16.9. The van der Waals surface area contributed by atoms with E-state index in [0.717, 1.165) is 6.54 Å². The van der Waals surface area contributed by atoms with E-state index >= 15 is 0 Å². The second kappa shape index (κ2) is 7.19. The highest BCUT2D eigenvalue weighted by molar-refractivity contribution is 5.59. The molecule has 8 nitrogen and oxygen atoms in total. The van der Waals surface area contributed by atoms with E-state index in [4.69, 9.17) is 5.84 Å². The van der Waals surface area contributed by atoms with Crippen molar-refractivity contribution in [2.75, 3.05) is 30.9 Å². The Bertz CT molecular complexity index is 490. The molecule has 1 aromatic heterocycles. The molecule has 0 bridgehead atoms. The van der Waals surface area contributed by atoms with Crippen LogP contribution in [0.5, 0.6) is 0 Å². The van der Waals surface area contributed by atoms with Gasteiger partial charge in [0.2, 0.25) is 5.82 Å². The summed E-state index contributed by atoms with van der Waals surface area (Å²) >= 11 is 0. The molecule has 0 radical (unpaired) electrons. The van der Waals surface area contributed by atoms with E-state index in [0.29, 0.717) is 18.4 Å². The maximum Gasteiger partial charge on any atom is 0.311 e. The van der Waals surface area contributed by atoms with Gasteiger partial charge in [0.25, 0.3) is 0 Å². The Morgan fingerprint density at radius 3 is 2.81 bits per heavy atom. The Morgan fingerprint density at radius 2 is 2.19 bits per heavy atom. The Balaban J connectivity index is 1.93. The number of hydrogen-bond donors (Lipinski definition) is 3. The largest absolute Gasteiger partial charge is 0.363 e. The number of nitro groups is 1. The molecule has 0 spiro atoms. The van der Waals surface area contributed by atoms with E-state index < -0.39 is 4.92 Å². The van der Waals surface area contributed by atoms with Crippen molar-refractivity contribution in [1.82, 2.24) is 9.88 Å². The minimum Gasteiger partial charge on any atom is -0.363 e. The predicted octanol–water partition coefficient (Wildman–Crippen LogP) is 1.56. The van der Waals surface area contributed by atoms with Crippen LogP contribution in [0.15, 0.2) is 12.1 Å². The molecule has 2 rings (SSSR count). The molecule has 0 unspecified atom stereocenters. The first-order valence-electron chi connectivity index (χ1n) is 7.18. The molecule has 1 aliphatic rings. The number of nitrogens with one attached hydrogen (secondary N) is 2. The van der Waals surface area contributed by atoms with Gasteiger partial charge in [-0.3, -0.25) is 10.1 Å². The number of anilines is 2. The van der Waals surface area contributed by atoms with E-state index in [1.165, 1.54) is 37.8 Å². The maximum atomic E-state index is 11.0. The third-order valence-corrected chi connectivity index (χ3v) is 3.92. The number of hydrazine groups is 1. The van der Waals surface area contributed by atoms with Gasteiger partial charge in [-0.15, -0.1) is 0 Å². The summed E-state index contributed by atoms with van der Waals surface area (Å²) in [6, 6.07) is 3.51. The monoisotopic (exact) mass is 294 g/mol. The second-order valence-corrected chi connectivity index (χ2v) is 5.31. The molecule has 1 saturated carbocycles. The van der Waals surface area contributed by atoms with E-state index in [1.807, 2.05) is 0 Å². The Labute approximate surface area is 123 Å². The smallest absolute Gasteiger partial charge is 0.311 e. The summed E-state index contributed by atoms with van der Waals surface area (Å²) in [5, 5.41) is 14.0. The third-order valence-electron chi connectivity index (χ3n) is 3.92. The van der Waals surface area contributed by atoms with E-state index in [2.05, 4.69) is 27.7 Å². The highest BCUT2D eigenvalue weighted by Crippen LogP contribution is 2.24. The van der Waals surface area contributed by atoms with Gasteiger partial charge < -0.3 is 15.6 Å². The van der Waals surface area contributed by atoms with Crippen LogP contribution in [-0.4, -0.2) is 41.0 Å². The second-order valence-electron chi connectivity index (χ2n) is 5.31. The van der Waals surface area contributed by atoms with Crippen molar-refractivity contribution in [1.29, 1.82) is 0 Å². The molecule has 0 saturated heterocycles. The highest BCUT2D eigenvalue weighted by atomic mass is 16.6. The van der Waals surface area contributed by atoms with Crippen LogP contribution in [-0.2, 0) is 0 Å². The van der Waals surface area contributed by atoms with Crippen molar-refractivity contribution in [3.8, 4) is 0 Å². The quantitative estimate of drug-likeness (QED) is 0.397. The molecule has 21 heavy (non-hydrogen) atoms. The minimum atomic E-state index is -0.448. The molecule has 116 valence electrons. The first kappa shape index (κ1) is 15.5. The topological polar surface area (TPSA) is 109 Å². The zero-order valence-corrected chi connectivity index (χ0v) is 12.2. The van der Waals surface area contributed by atoms with Crippen LogP contribution in [0.1, 0.15) is 25.7 Å². The molecule has 1 heterocycles. The number of likely N-dealkylation sites (N-methyl/N-ethyl adjacent to an activating group) is 1. The normalized spacial score (nSPS) is 15.4. The van der Waals surface area contributed by atoms with Crippen LogP contribution in [0.3, 0.4) is 0 Å². The summed E-state index contributed by atoms with van der Waals surface area (Å²) in [5.41, 5.74) is 2.35.